The molecule has 1 aromatic heterocycles. The Morgan fingerprint density at radius 3 is 2.84 bits per heavy atom. The van der Waals surface area contributed by atoms with Gasteiger partial charge in [0.1, 0.15) is 5.82 Å². The average Bonchev–Trinajstić information content (AvgIpc) is 2.82. The van der Waals surface area contributed by atoms with Gasteiger partial charge in [-0.15, -0.1) is 0 Å². The summed E-state index contributed by atoms with van der Waals surface area (Å²) in [5.41, 5.74) is 8.09. The highest BCUT2D eigenvalue weighted by Crippen LogP contribution is 2.26. The van der Waals surface area contributed by atoms with Crippen molar-refractivity contribution in [1.82, 2.24) is 9.78 Å². The van der Waals surface area contributed by atoms with Gasteiger partial charge in [0.15, 0.2) is 5.69 Å². The van der Waals surface area contributed by atoms with E-state index in [0.717, 1.165) is 18.9 Å². The van der Waals surface area contributed by atoms with E-state index in [2.05, 4.69) is 41.6 Å². The topological polar surface area (TPSA) is 72.9 Å². The van der Waals surface area contributed by atoms with Crippen molar-refractivity contribution in [3.8, 4) is 0 Å². The highest BCUT2D eigenvalue weighted by Gasteiger charge is 2.22. The van der Waals surface area contributed by atoms with Crippen molar-refractivity contribution in [3.05, 3.63) is 47.2 Å². The lowest BCUT2D eigenvalue weighted by molar-refractivity contribution is 0.0994. The van der Waals surface area contributed by atoms with Crippen molar-refractivity contribution in [2.24, 2.45) is 5.73 Å². The van der Waals surface area contributed by atoms with Gasteiger partial charge in [-0.3, -0.25) is 4.79 Å². The molecule has 1 aromatic carbocycles. The van der Waals surface area contributed by atoms with Gasteiger partial charge in [-0.2, -0.15) is 5.10 Å². The highest BCUT2D eigenvalue weighted by molar-refractivity contribution is 5.91. The van der Waals surface area contributed by atoms with E-state index >= 15 is 0 Å². The molecule has 0 spiro atoms. The van der Waals surface area contributed by atoms with Gasteiger partial charge in [0.25, 0.3) is 5.91 Å². The van der Waals surface area contributed by atoms with E-state index in [0.29, 0.717) is 11.6 Å². The van der Waals surface area contributed by atoms with Gasteiger partial charge in [-0.05, 0) is 12.5 Å². The van der Waals surface area contributed by atoms with Crippen molar-refractivity contribution in [2.75, 3.05) is 11.9 Å². The van der Waals surface area contributed by atoms with Gasteiger partial charge in [-0.25, -0.2) is 4.68 Å². The van der Waals surface area contributed by atoms with Gasteiger partial charge in [-0.1, -0.05) is 29.8 Å². The number of nitrogens with two attached hydrogens (primary N) is 1. The van der Waals surface area contributed by atoms with E-state index in [-0.39, 0.29) is 0 Å². The first-order valence-electron chi connectivity index (χ1n) is 6.31. The molecule has 3 N–H and O–H groups in total. The number of amides is 1. The first-order valence-corrected chi connectivity index (χ1v) is 6.31. The third-order valence-corrected chi connectivity index (χ3v) is 3.50. The van der Waals surface area contributed by atoms with Gasteiger partial charge in [0.05, 0.1) is 6.54 Å². The van der Waals surface area contributed by atoms with E-state index in [1.54, 1.807) is 6.07 Å². The average molecular weight is 256 g/mol. The summed E-state index contributed by atoms with van der Waals surface area (Å²) in [5.74, 6) is 0.724. The SMILES string of the molecule is Cc1ccc(C2CNc3cc(C(N)=O)nn3C2)cc1. The van der Waals surface area contributed by atoms with E-state index in [1.165, 1.54) is 11.1 Å². The Morgan fingerprint density at radius 2 is 2.16 bits per heavy atom. The first-order chi connectivity index (χ1) is 9.13. The number of aryl methyl sites for hydroxylation is 1. The summed E-state index contributed by atoms with van der Waals surface area (Å²) in [6.45, 7) is 3.68. The monoisotopic (exact) mass is 256 g/mol. The smallest absolute Gasteiger partial charge is 0.269 e. The lowest BCUT2D eigenvalue weighted by Crippen LogP contribution is -2.26. The molecule has 19 heavy (non-hydrogen) atoms. The van der Waals surface area contributed by atoms with Gasteiger partial charge in [0.2, 0.25) is 0 Å². The van der Waals surface area contributed by atoms with Crippen LogP contribution in [0.5, 0.6) is 0 Å². The van der Waals surface area contributed by atoms with Crippen LogP contribution in [0.25, 0.3) is 0 Å². The van der Waals surface area contributed by atoms with Crippen LogP contribution in [-0.2, 0) is 6.54 Å². The van der Waals surface area contributed by atoms with Crippen LogP contribution < -0.4 is 11.1 Å². The van der Waals surface area contributed by atoms with Crippen LogP contribution in [0, 0.1) is 6.92 Å². The standard InChI is InChI=1S/C14H16N4O/c1-9-2-4-10(5-3-9)11-7-16-13-6-12(14(15)19)17-18(13)8-11/h2-6,11,16H,7-8H2,1H3,(H2,15,19). The van der Waals surface area contributed by atoms with Gasteiger partial charge in [0, 0.05) is 18.5 Å². The number of aromatic nitrogens is 2. The summed E-state index contributed by atoms with van der Waals surface area (Å²) in [5, 5.41) is 7.52. The fourth-order valence-electron chi connectivity index (χ4n) is 2.38. The van der Waals surface area contributed by atoms with Crippen LogP contribution in [-0.4, -0.2) is 22.2 Å². The van der Waals surface area contributed by atoms with E-state index in [9.17, 15) is 4.79 Å². The summed E-state index contributed by atoms with van der Waals surface area (Å²) in [7, 11) is 0. The molecule has 0 radical (unpaired) electrons. The molecule has 5 heteroatoms. The number of primary amides is 1. The van der Waals surface area contributed by atoms with Gasteiger partial charge >= 0.3 is 0 Å². The second-order valence-corrected chi connectivity index (χ2v) is 4.95. The van der Waals surface area contributed by atoms with Crippen LogP contribution in [0.3, 0.4) is 0 Å². The maximum absolute atomic E-state index is 11.1. The van der Waals surface area contributed by atoms with Crippen molar-refractivity contribution < 1.29 is 4.79 Å². The highest BCUT2D eigenvalue weighted by atomic mass is 16.1. The molecule has 1 amide bonds. The lowest BCUT2D eigenvalue weighted by Gasteiger charge is -2.25. The number of rotatable bonds is 2. The molecule has 1 unspecified atom stereocenters. The second kappa shape index (κ2) is 4.42. The molecule has 5 nitrogen and oxygen atoms in total. The van der Waals surface area contributed by atoms with Crippen molar-refractivity contribution in [3.63, 3.8) is 0 Å². The van der Waals surface area contributed by atoms with Crippen LogP contribution in [0.4, 0.5) is 5.82 Å². The number of carbonyl (C=O) groups excluding carboxylic acids is 1. The number of nitrogens with zero attached hydrogens (tertiary/aromatic N) is 2. The van der Waals surface area contributed by atoms with Crippen molar-refractivity contribution in [1.29, 1.82) is 0 Å². The molecule has 0 aliphatic carbocycles. The quantitative estimate of drug-likeness (QED) is 0.855. The fourth-order valence-corrected chi connectivity index (χ4v) is 2.38. The Balaban J connectivity index is 1.85. The summed E-state index contributed by atoms with van der Waals surface area (Å²) < 4.78 is 1.81. The zero-order valence-corrected chi connectivity index (χ0v) is 10.8. The van der Waals surface area contributed by atoms with E-state index in [1.807, 2.05) is 4.68 Å². The molecule has 0 saturated heterocycles. The van der Waals surface area contributed by atoms with Crippen molar-refractivity contribution in [2.45, 2.75) is 19.4 Å². The summed E-state index contributed by atoms with van der Waals surface area (Å²) >= 11 is 0. The Bertz CT molecular complexity index is 615. The summed E-state index contributed by atoms with van der Waals surface area (Å²) in [6.07, 6.45) is 0. The molecule has 2 heterocycles. The molecule has 0 saturated carbocycles. The minimum Gasteiger partial charge on any atom is -0.370 e. The molecular formula is C14H16N4O. The molecule has 0 bridgehead atoms. The second-order valence-electron chi connectivity index (χ2n) is 4.95. The maximum atomic E-state index is 11.1. The van der Waals surface area contributed by atoms with Gasteiger partial charge < -0.3 is 11.1 Å². The van der Waals surface area contributed by atoms with Crippen LogP contribution in [0.1, 0.15) is 27.5 Å². The molecule has 0 fully saturated rings. The molecule has 3 rings (SSSR count). The van der Waals surface area contributed by atoms with Crippen molar-refractivity contribution >= 4 is 11.7 Å². The third kappa shape index (κ3) is 2.19. The zero-order valence-electron chi connectivity index (χ0n) is 10.8. The molecular weight excluding hydrogens is 240 g/mol. The Hall–Kier alpha value is -2.30. The first kappa shape index (κ1) is 11.8. The van der Waals surface area contributed by atoms with E-state index in [4.69, 9.17) is 5.73 Å². The largest absolute Gasteiger partial charge is 0.370 e. The summed E-state index contributed by atoms with van der Waals surface area (Å²) in [6, 6.07) is 10.2. The zero-order chi connectivity index (χ0) is 13.4. The molecule has 1 atom stereocenters. The van der Waals surface area contributed by atoms with Crippen LogP contribution >= 0.6 is 0 Å². The Morgan fingerprint density at radius 1 is 1.42 bits per heavy atom. The number of carbonyl (C=O) groups is 1. The number of benzene rings is 1. The van der Waals surface area contributed by atoms with E-state index < -0.39 is 5.91 Å². The number of fused-ring (bicyclic) bond motifs is 1. The third-order valence-electron chi connectivity index (χ3n) is 3.50. The van der Waals surface area contributed by atoms with Crippen LogP contribution in [0.15, 0.2) is 30.3 Å². The molecule has 2 aromatic rings. The Kier molecular flexibility index (Phi) is 2.74. The number of nitrogens with one attached hydrogen (secondary N) is 1. The lowest BCUT2D eigenvalue weighted by atomic mass is 9.97. The number of anilines is 1. The van der Waals surface area contributed by atoms with Crippen LogP contribution in [0.2, 0.25) is 0 Å². The Labute approximate surface area is 111 Å². The fraction of sp³-hybridized carbons (Fsp3) is 0.286. The normalized spacial score (nSPS) is 17.6. The maximum Gasteiger partial charge on any atom is 0.269 e. The molecule has 1 aliphatic rings. The minimum atomic E-state index is -0.490. The number of hydrogen-bond donors (Lipinski definition) is 2. The number of hydrogen-bond acceptors (Lipinski definition) is 3. The minimum absolute atomic E-state index is 0.312. The molecule has 98 valence electrons. The summed E-state index contributed by atoms with van der Waals surface area (Å²) in [4.78, 5) is 11.1. The predicted molar refractivity (Wildman–Crippen MR) is 73.2 cm³/mol. The predicted octanol–water partition coefficient (Wildman–Crippen LogP) is 1.50. The molecule has 1 aliphatic heterocycles.